The second kappa shape index (κ2) is 6.62. The molecule has 1 aliphatic rings. The van der Waals surface area contributed by atoms with Gasteiger partial charge in [-0.05, 0) is 12.8 Å². The third-order valence-electron chi connectivity index (χ3n) is 2.26. The van der Waals surface area contributed by atoms with Crippen LogP contribution in [-0.2, 0) is 0 Å². The van der Waals surface area contributed by atoms with Gasteiger partial charge in [0.15, 0.2) is 0 Å². The maximum absolute atomic E-state index is 6.02. The van der Waals surface area contributed by atoms with Gasteiger partial charge in [-0.25, -0.2) is 0 Å². The zero-order valence-corrected chi connectivity index (χ0v) is 10.7. The molecular formula is C10H20N2S2. The zero-order chi connectivity index (χ0) is 10.4. The molecule has 0 bridgehead atoms. The summed E-state index contributed by atoms with van der Waals surface area (Å²) in [5.41, 5.74) is 6.02. The Morgan fingerprint density at radius 1 is 1.36 bits per heavy atom. The minimum absolute atomic E-state index is 0.463. The average Bonchev–Trinajstić information content (AvgIpc) is 2.25. The first kappa shape index (κ1) is 12.2. The minimum Gasteiger partial charge on any atom is -0.387 e. The van der Waals surface area contributed by atoms with Crippen LogP contribution in [0.3, 0.4) is 0 Å². The fourth-order valence-corrected chi connectivity index (χ4v) is 4.51. The monoisotopic (exact) mass is 232 g/mol. The minimum atomic E-state index is 0.463. The van der Waals surface area contributed by atoms with Crippen LogP contribution in [0.5, 0.6) is 0 Å². The second-order valence-corrected chi connectivity index (χ2v) is 6.01. The molecule has 0 saturated carbocycles. The molecule has 1 rings (SSSR count). The van der Waals surface area contributed by atoms with Crippen molar-refractivity contribution in [3.63, 3.8) is 0 Å². The Morgan fingerprint density at radius 3 is 2.71 bits per heavy atom. The van der Waals surface area contributed by atoms with Crippen LogP contribution in [0.1, 0.15) is 26.7 Å². The standard InChI is InChI=1S/C10H20N2S2/c1-3-5-12-10(11)9-8(4-2)13-6-7-14-9/h8-9H,3-7H2,1-2H3,(H2,11,12). The van der Waals surface area contributed by atoms with Crippen molar-refractivity contribution in [2.24, 2.45) is 10.7 Å². The summed E-state index contributed by atoms with van der Waals surface area (Å²) in [5.74, 6) is 3.35. The van der Waals surface area contributed by atoms with E-state index in [0.29, 0.717) is 10.5 Å². The number of hydrogen-bond acceptors (Lipinski definition) is 3. The van der Waals surface area contributed by atoms with Gasteiger partial charge in [0, 0.05) is 23.3 Å². The molecule has 0 radical (unpaired) electrons. The lowest BCUT2D eigenvalue weighted by Crippen LogP contribution is -2.37. The van der Waals surface area contributed by atoms with E-state index in [9.17, 15) is 0 Å². The molecule has 2 unspecified atom stereocenters. The molecule has 0 aromatic heterocycles. The highest BCUT2D eigenvalue weighted by Gasteiger charge is 2.27. The van der Waals surface area contributed by atoms with Crippen molar-refractivity contribution in [2.45, 2.75) is 37.2 Å². The molecule has 1 saturated heterocycles. The largest absolute Gasteiger partial charge is 0.387 e. The number of thioether (sulfide) groups is 2. The van der Waals surface area contributed by atoms with Crippen molar-refractivity contribution < 1.29 is 0 Å². The summed E-state index contributed by atoms with van der Waals surface area (Å²) in [7, 11) is 0. The molecule has 4 heteroatoms. The normalized spacial score (nSPS) is 29.1. The van der Waals surface area contributed by atoms with Gasteiger partial charge in [0.25, 0.3) is 0 Å². The van der Waals surface area contributed by atoms with Crippen molar-refractivity contribution in [3.05, 3.63) is 0 Å². The molecule has 0 spiro atoms. The first-order valence-corrected chi connectivity index (χ1v) is 7.42. The van der Waals surface area contributed by atoms with E-state index in [2.05, 4.69) is 30.6 Å². The summed E-state index contributed by atoms with van der Waals surface area (Å²) in [4.78, 5) is 4.42. The third kappa shape index (κ3) is 3.39. The van der Waals surface area contributed by atoms with Gasteiger partial charge < -0.3 is 5.73 Å². The third-order valence-corrected chi connectivity index (χ3v) is 5.54. The van der Waals surface area contributed by atoms with Crippen LogP contribution in [0.25, 0.3) is 0 Å². The van der Waals surface area contributed by atoms with Gasteiger partial charge in [0.1, 0.15) is 5.84 Å². The smallest absolute Gasteiger partial charge is 0.108 e. The van der Waals surface area contributed by atoms with E-state index >= 15 is 0 Å². The zero-order valence-electron chi connectivity index (χ0n) is 9.03. The summed E-state index contributed by atoms with van der Waals surface area (Å²) in [5, 5.41) is 1.14. The quantitative estimate of drug-likeness (QED) is 0.597. The molecule has 1 fully saturated rings. The highest BCUT2D eigenvalue weighted by molar-refractivity contribution is 8.07. The summed E-state index contributed by atoms with van der Waals surface area (Å²) in [6, 6.07) is 0. The predicted octanol–water partition coefficient (Wildman–Crippen LogP) is 2.38. The van der Waals surface area contributed by atoms with E-state index in [4.69, 9.17) is 5.73 Å². The summed E-state index contributed by atoms with van der Waals surface area (Å²) < 4.78 is 0. The lowest BCUT2D eigenvalue weighted by Gasteiger charge is -2.29. The van der Waals surface area contributed by atoms with Crippen LogP contribution in [0.15, 0.2) is 4.99 Å². The van der Waals surface area contributed by atoms with Crippen molar-refractivity contribution in [1.82, 2.24) is 0 Å². The van der Waals surface area contributed by atoms with Gasteiger partial charge in [-0.2, -0.15) is 11.8 Å². The average molecular weight is 232 g/mol. The fourth-order valence-electron chi connectivity index (χ4n) is 1.51. The lowest BCUT2D eigenvalue weighted by molar-refractivity contribution is 0.846. The molecule has 2 nitrogen and oxygen atoms in total. The maximum Gasteiger partial charge on any atom is 0.108 e. The maximum atomic E-state index is 6.02. The van der Waals surface area contributed by atoms with Crippen LogP contribution in [0.4, 0.5) is 0 Å². The molecule has 2 atom stereocenters. The second-order valence-electron chi connectivity index (χ2n) is 3.42. The number of amidine groups is 1. The Labute approximate surface area is 95.5 Å². The highest BCUT2D eigenvalue weighted by atomic mass is 32.2. The molecule has 14 heavy (non-hydrogen) atoms. The SMILES string of the molecule is CCCN=C(N)C1SCCSC1CC. The van der Waals surface area contributed by atoms with E-state index < -0.39 is 0 Å². The molecular weight excluding hydrogens is 212 g/mol. The lowest BCUT2D eigenvalue weighted by atomic mass is 10.2. The van der Waals surface area contributed by atoms with Gasteiger partial charge in [0.05, 0.1) is 5.25 Å². The van der Waals surface area contributed by atoms with Gasteiger partial charge in [-0.1, -0.05) is 13.8 Å². The van der Waals surface area contributed by atoms with E-state index in [1.165, 1.54) is 17.9 Å². The Bertz CT molecular complexity index is 195. The molecule has 0 amide bonds. The van der Waals surface area contributed by atoms with Crippen molar-refractivity contribution in [1.29, 1.82) is 0 Å². The van der Waals surface area contributed by atoms with E-state index in [1.807, 2.05) is 11.8 Å². The van der Waals surface area contributed by atoms with Gasteiger partial charge in [-0.3, -0.25) is 4.99 Å². The number of hydrogen-bond donors (Lipinski definition) is 1. The molecule has 82 valence electrons. The number of nitrogens with zero attached hydrogens (tertiary/aromatic N) is 1. The van der Waals surface area contributed by atoms with Crippen LogP contribution in [0.2, 0.25) is 0 Å². The van der Waals surface area contributed by atoms with E-state index in [1.54, 1.807) is 0 Å². The van der Waals surface area contributed by atoms with Crippen LogP contribution in [-0.4, -0.2) is 34.4 Å². The van der Waals surface area contributed by atoms with E-state index in [0.717, 1.165) is 18.8 Å². The van der Waals surface area contributed by atoms with Crippen molar-refractivity contribution >= 4 is 29.4 Å². The number of nitrogens with two attached hydrogens (primary N) is 1. The fraction of sp³-hybridized carbons (Fsp3) is 0.900. The van der Waals surface area contributed by atoms with E-state index in [-0.39, 0.29) is 0 Å². The topological polar surface area (TPSA) is 38.4 Å². The first-order chi connectivity index (χ1) is 6.79. The van der Waals surface area contributed by atoms with Crippen LogP contribution < -0.4 is 5.73 Å². The molecule has 0 aromatic rings. The molecule has 1 aliphatic heterocycles. The van der Waals surface area contributed by atoms with Crippen molar-refractivity contribution in [2.75, 3.05) is 18.1 Å². The number of rotatable bonds is 4. The van der Waals surface area contributed by atoms with Crippen LogP contribution >= 0.6 is 23.5 Å². The van der Waals surface area contributed by atoms with Gasteiger partial charge in [0.2, 0.25) is 0 Å². The summed E-state index contributed by atoms with van der Waals surface area (Å²) >= 11 is 4.03. The highest BCUT2D eigenvalue weighted by Crippen LogP contribution is 2.33. The number of aliphatic imine (C=N–C) groups is 1. The summed E-state index contributed by atoms with van der Waals surface area (Å²) in [6.45, 7) is 5.25. The van der Waals surface area contributed by atoms with Gasteiger partial charge >= 0.3 is 0 Å². The Hall–Kier alpha value is 0.170. The Kier molecular flexibility index (Phi) is 5.78. The molecule has 1 heterocycles. The Morgan fingerprint density at radius 2 is 2.07 bits per heavy atom. The molecule has 0 aliphatic carbocycles. The molecule has 2 N–H and O–H groups in total. The van der Waals surface area contributed by atoms with Crippen LogP contribution in [0, 0.1) is 0 Å². The summed E-state index contributed by atoms with van der Waals surface area (Å²) in [6.07, 6.45) is 2.28. The first-order valence-electron chi connectivity index (χ1n) is 5.32. The van der Waals surface area contributed by atoms with Gasteiger partial charge in [-0.15, -0.1) is 11.8 Å². The predicted molar refractivity (Wildman–Crippen MR) is 69.6 cm³/mol. The van der Waals surface area contributed by atoms with Crippen molar-refractivity contribution in [3.8, 4) is 0 Å². The Balaban J connectivity index is 2.53. The molecule has 0 aromatic carbocycles.